The van der Waals surface area contributed by atoms with Gasteiger partial charge in [-0.05, 0) is 31.5 Å². The van der Waals surface area contributed by atoms with Gasteiger partial charge in [0.05, 0.1) is 16.8 Å². The number of hydrogen-bond acceptors (Lipinski definition) is 4. The van der Waals surface area contributed by atoms with Crippen LogP contribution in [0.4, 0.5) is 5.69 Å². The van der Waals surface area contributed by atoms with Gasteiger partial charge in [-0.25, -0.2) is 13.8 Å². The van der Waals surface area contributed by atoms with Gasteiger partial charge in [-0.15, -0.1) is 0 Å². The highest BCUT2D eigenvalue weighted by Gasteiger charge is 2.15. The van der Waals surface area contributed by atoms with Crippen molar-refractivity contribution in [3.05, 3.63) is 83.5 Å². The number of carbonyl (C=O) groups is 1. The second kappa shape index (κ2) is 8.01. The first-order chi connectivity index (χ1) is 13.0. The molecule has 0 fully saturated rings. The van der Waals surface area contributed by atoms with Crippen molar-refractivity contribution < 1.29 is 13.2 Å². The van der Waals surface area contributed by atoms with Crippen LogP contribution >= 0.6 is 0 Å². The summed E-state index contributed by atoms with van der Waals surface area (Å²) in [6.07, 6.45) is 7.41. The minimum absolute atomic E-state index is 0.175. The molecule has 1 amide bonds. The number of hydrazone groups is 1. The first-order valence-electron chi connectivity index (χ1n) is 8.33. The maximum atomic E-state index is 12.6. The number of amides is 1. The van der Waals surface area contributed by atoms with Gasteiger partial charge in [0.25, 0.3) is 15.9 Å². The maximum Gasteiger partial charge on any atom is 0.267 e. The summed E-state index contributed by atoms with van der Waals surface area (Å²) >= 11 is 0. The molecule has 0 bridgehead atoms. The van der Waals surface area contributed by atoms with Crippen molar-refractivity contribution in [2.45, 2.75) is 18.2 Å². The SMILES string of the molecule is Cc1ccc(S(=O)(=O)Nc2ccccc2/C=N/NC(=O)C2=CC=CC2)cc1. The van der Waals surface area contributed by atoms with Gasteiger partial charge < -0.3 is 0 Å². The predicted molar refractivity (Wildman–Crippen MR) is 106 cm³/mol. The lowest BCUT2D eigenvalue weighted by Crippen LogP contribution is -2.19. The summed E-state index contributed by atoms with van der Waals surface area (Å²) in [4.78, 5) is 12.1. The van der Waals surface area contributed by atoms with E-state index >= 15 is 0 Å². The molecule has 0 spiro atoms. The molecule has 138 valence electrons. The van der Waals surface area contributed by atoms with Crippen molar-refractivity contribution in [2.75, 3.05) is 4.72 Å². The van der Waals surface area contributed by atoms with E-state index in [1.807, 2.05) is 19.1 Å². The average molecular weight is 381 g/mol. The van der Waals surface area contributed by atoms with E-state index in [4.69, 9.17) is 0 Å². The van der Waals surface area contributed by atoms with Crippen molar-refractivity contribution >= 4 is 27.8 Å². The van der Waals surface area contributed by atoms with Crippen LogP contribution < -0.4 is 10.1 Å². The van der Waals surface area contributed by atoms with Crippen LogP contribution in [0.1, 0.15) is 17.5 Å². The Labute approximate surface area is 158 Å². The number of sulfonamides is 1. The third-order valence-corrected chi connectivity index (χ3v) is 5.35. The summed E-state index contributed by atoms with van der Waals surface area (Å²) in [5.74, 6) is -0.283. The Kier molecular flexibility index (Phi) is 5.52. The Bertz CT molecular complexity index is 1040. The lowest BCUT2D eigenvalue weighted by molar-refractivity contribution is -0.117. The second-order valence-electron chi connectivity index (χ2n) is 6.03. The van der Waals surface area contributed by atoms with Crippen molar-refractivity contribution in [3.63, 3.8) is 0 Å². The van der Waals surface area contributed by atoms with Crippen LogP contribution in [-0.2, 0) is 14.8 Å². The number of hydrogen-bond donors (Lipinski definition) is 2. The van der Waals surface area contributed by atoms with Crippen LogP contribution in [-0.4, -0.2) is 20.5 Å². The molecule has 2 N–H and O–H groups in total. The van der Waals surface area contributed by atoms with E-state index in [0.717, 1.165) is 5.56 Å². The average Bonchev–Trinajstić information content (AvgIpc) is 3.18. The third kappa shape index (κ3) is 4.71. The number of nitrogens with zero attached hydrogens (tertiary/aromatic N) is 1. The van der Waals surface area contributed by atoms with Gasteiger partial charge in [0.2, 0.25) is 0 Å². The second-order valence-corrected chi connectivity index (χ2v) is 7.71. The number of aryl methyl sites for hydroxylation is 1. The molecule has 0 saturated heterocycles. The van der Waals surface area contributed by atoms with E-state index in [0.29, 0.717) is 23.2 Å². The molecule has 1 aliphatic rings. The molecule has 1 aliphatic carbocycles. The molecular weight excluding hydrogens is 362 g/mol. The molecule has 2 aromatic carbocycles. The van der Waals surface area contributed by atoms with Crippen molar-refractivity contribution in [1.29, 1.82) is 0 Å². The summed E-state index contributed by atoms with van der Waals surface area (Å²) in [6.45, 7) is 1.89. The Hall–Kier alpha value is -3.19. The van der Waals surface area contributed by atoms with Gasteiger partial charge in [-0.2, -0.15) is 5.10 Å². The van der Waals surface area contributed by atoms with E-state index in [2.05, 4.69) is 15.2 Å². The van der Waals surface area contributed by atoms with Crippen LogP contribution in [0.2, 0.25) is 0 Å². The fourth-order valence-electron chi connectivity index (χ4n) is 2.47. The first-order valence-corrected chi connectivity index (χ1v) is 9.82. The monoisotopic (exact) mass is 381 g/mol. The van der Waals surface area contributed by atoms with Crippen LogP contribution in [0.5, 0.6) is 0 Å². The smallest absolute Gasteiger partial charge is 0.267 e. The van der Waals surface area contributed by atoms with Crippen LogP contribution in [0.25, 0.3) is 0 Å². The molecule has 2 aromatic rings. The van der Waals surface area contributed by atoms with Crippen LogP contribution in [0.15, 0.2) is 82.3 Å². The molecule has 7 heteroatoms. The highest BCUT2D eigenvalue weighted by molar-refractivity contribution is 7.92. The minimum atomic E-state index is -3.72. The van der Waals surface area contributed by atoms with Crippen molar-refractivity contribution in [2.24, 2.45) is 5.10 Å². The molecule has 0 aliphatic heterocycles. The molecule has 0 saturated carbocycles. The van der Waals surface area contributed by atoms with Gasteiger partial charge in [-0.3, -0.25) is 9.52 Å². The summed E-state index contributed by atoms with van der Waals surface area (Å²) in [5.41, 5.74) is 4.96. The topological polar surface area (TPSA) is 87.6 Å². The molecule has 0 unspecified atom stereocenters. The lowest BCUT2D eigenvalue weighted by atomic mass is 10.2. The number of carbonyl (C=O) groups excluding carboxylic acids is 1. The van der Waals surface area contributed by atoms with Crippen molar-refractivity contribution in [1.82, 2.24) is 5.43 Å². The number of nitrogens with one attached hydrogen (secondary N) is 2. The molecule has 0 heterocycles. The van der Waals surface area contributed by atoms with Crippen LogP contribution in [0, 0.1) is 6.92 Å². The summed E-state index contributed by atoms with van der Waals surface area (Å²) in [6, 6.07) is 13.4. The number of anilines is 1. The summed E-state index contributed by atoms with van der Waals surface area (Å²) in [7, 11) is -3.72. The van der Waals surface area contributed by atoms with Gasteiger partial charge in [-0.1, -0.05) is 54.1 Å². The van der Waals surface area contributed by atoms with Gasteiger partial charge in [0.1, 0.15) is 0 Å². The number of allylic oxidation sites excluding steroid dienone is 3. The molecular formula is C20H19N3O3S. The fourth-order valence-corrected chi connectivity index (χ4v) is 3.56. The van der Waals surface area contributed by atoms with E-state index in [1.165, 1.54) is 6.21 Å². The molecule has 0 atom stereocenters. The van der Waals surface area contributed by atoms with Gasteiger partial charge in [0.15, 0.2) is 0 Å². The van der Waals surface area contributed by atoms with E-state index in [9.17, 15) is 13.2 Å². The highest BCUT2D eigenvalue weighted by atomic mass is 32.2. The fraction of sp³-hybridized carbons (Fsp3) is 0.100. The third-order valence-electron chi connectivity index (χ3n) is 3.97. The van der Waals surface area contributed by atoms with Gasteiger partial charge in [0, 0.05) is 11.1 Å². The minimum Gasteiger partial charge on any atom is -0.279 e. The summed E-state index contributed by atoms with van der Waals surface area (Å²) < 4.78 is 27.7. The van der Waals surface area contributed by atoms with Gasteiger partial charge >= 0.3 is 0 Å². The Morgan fingerprint density at radius 1 is 1.11 bits per heavy atom. The Balaban J connectivity index is 1.74. The molecule has 6 nitrogen and oxygen atoms in total. The molecule has 0 aromatic heterocycles. The molecule has 0 radical (unpaired) electrons. The Morgan fingerprint density at radius 3 is 2.56 bits per heavy atom. The maximum absolute atomic E-state index is 12.6. The first kappa shape index (κ1) is 18.6. The zero-order chi connectivity index (χ0) is 19.3. The van der Waals surface area contributed by atoms with E-state index in [-0.39, 0.29) is 10.8 Å². The van der Waals surface area contributed by atoms with Crippen LogP contribution in [0.3, 0.4) is 0 Å². The number of benzene rings is 2. The Morgan fingerprint density at radius 2 is 1.85 bits per heavy atom. The number of para-hydroxylation sites is 1. The van der Waals surface area contributed by atoms with Crippen molar-refractivity contribution in [3.8, 4) is 0 Å². The molecule has 27 heavy (non-hydrogen) atoms. The zero-order valence-electron chi connectivity index (χ0n) is 14.7. The highest BCUT2D eigenvalue weighted by Crippen LogP contribution is 2.19. The standard InChI is InChI=1S/C20H19N3O3S/c1-15-10-12-18(13-11-15)27(25,26)23-19-9-5-4-8-17(19)14-21-22-20(24)16-6-2-3-7-16/h2-6,8-14,23H,7H2,1H3,(H,22,24)/b21-14+. The van der Waals surface area contributed by atoms with E-state index < -0.39 is 10.0 Å². The number of rotatable bonds is 6. The predicted octanol–water partition coefficient (Wildman–Crippen LogP) is 3.13. The summed E-state index contributed by atoms with van der Waals surface area (Å²) in [5, 5.41) is 3.93. The lowest BCUT2D eigenvalue weighted by Gasteiger charge is -2.10. The zero-order valence-corrected chi connectivity index (χ0v) is 15.5. The van der Waals surface area contributed by atoms with E-state index in [1.54, 1.807) is 54.6 Å². The normalized spacial score (nSPS) is 13.6. The largest absolute Gasteiger partial charge is 0.279 e. The molecule has 3 rings (SSSR count). The quantitative estimate of drug-likeness (QED) is 0.595.